The summed E-state index contributed by atoms with van der Waals surface area (Å²) < 4.78 is 4.95. The molecule has 0 spiro atoms. The van der Waals surface area contributed by atoms with Crippen molar-refractivity contribution >= 4 is 11.4 Å². The molecule has 2 N–H and O–H groups in total. The molecule has 13 heavy (non-hydrogen) atoms. The first-order valence-electron chi connectivity index (χ1n) is 3.68. The molecule has 0 aliphatic heterocycles. The van der Waals surface area contributed by atoms with E-state index >= 15 is 0 Å². The maximum atomic E-state index is 10.5. The van der Waals surface area contributed by atoms with E-state index in [1.165, 1.54) is 12.3 Å². The fourth-order valence-electron chi connectivity index (χ4n) is 0.875. The summed E-state index contributed by atoms with van der Waals surface area (Å²) in [5.74, 6) is -0.0347. The predicted molar refractivity (Wildman–Crippen MR) is 46.5 cm³/mol. The van der Waals surface area contributed by atoms with Gasteiger partial charge >= 0.3 is 5.69 Å². The topological polar surface area (TPSA) is 91.3 Å². The third kappa shape index (κ3) is 1.84. The Kier molecular flexibility index (Phi) is 2.63. The van der Waals surface area contributed by atoms with Crippen molar-refractivity contribution in [2.45, 2.75) is 6.92 Å². The zero-order valence-corrected chi connectivity index (χ0v) is 7.06. The first-order chi connectivity index (χ1) is 6.16. The highest BCUT2D eigenvalue weighted by atomic mass is 16.6. The van der Waals surface area contributed by atoms with Crippen LogP contribution < -0.4 is 10.5 Å². The summed E-state index contributed by atoms with van der Waals surface area (Å²) in [6.07, 6.45) is 1.37. The van der Waals surface area contributed by atoms with Gasteiger partial charge in [-0.25, -0.2) is 4.98 Å². The number of pyridine rings is 1. The second-order valence-corrected chi connectivity index (χ2v) is 2.24. The van der Waals surface area contributed by atoms with Crippen LogP contribution in [0.3, 0.4) is 0 Å². The molecule has 1 rings (SSSR count). The Morgan fingerprint density at radius 2 is 2.46 bits per heavy atom. The van der Waals surface area contributed by atoms with Gasteiger partial charge < -0.3 is 10.5 Å². The summed E-state index contributed by atoms with van der Waals surface area (Å²) in [5, 5.41) is 10.5. The molecule has 0 aliphatic carbocycles. The van der Waals surface area contributed by atoms with Crippen molar-refractivity contribution in [3.63, 3.8) is 0 Å². The van der Waals surface area contributed by atoms with Crippen LogP contribution in [-0.2, 0) is 0 Å². The zero-order chi connectivity index (χ0) is 9.84. The molecule has 1 aromatic rings. The van der Waals surface area contributed by atoms with Gasteiger partial charge in [0.2, 0.25) is 0 Å². The van der Waals surface area contributed by atoms with Crippen molar-refractivity contribution in [3.05, 3.63) is 22.4 Å². The molecule has 0 radical (unpaired) electrons. The molecular weight excluding hydrogens is 174 g/mol. The van der Waals surface area contributed by atoms with Gasteiger partial charge in [0.05, 0.1) is 11.5 Å². The van der Waals surface area contributed by atoms with E-state index in [-0.39, 0.29) is 17.3 Å². The first-order valence-corrected chi connectivity index (χ1v) is 3.68. The van der Waals surface area contributed by atoms with Crippen LogP contribution >= 0.6 is 0 Å². The van der Waals surface area contributed by atoms with Crippen LogP contribution in [-0.4, -0.2) is 16.5 Å². The summed E-state index contributed by atoms with van der Waals surface area (Å²) in [6.45, 7) is 2.03. The monoisotopic (exact) mass is 183 g/mol. The number of nitrogen functional groups attached to an aromatic ring is 1. The molecule has 6 heteroatoms. The predicted octanol–water partition coefficient (Wildman–Crippen LogP) is 0.971. The summed E-state index contributed by atoms with van der Waals surface area (Å²) >= 11 is 0. The normalized spacial score (nSPS) is 9.62. The number of nitro groups is 1. The van der Waals surface area contributed by atoms with Gasteiger partial charge in [-0.15, -0.1) is 0 Å². The Morgan fingerprint density at radius 3 is 3.00 bits per heavy atom. The number of nitrogens with two attached hydrogens (primary N) is 1. The first kappa shape index (κ1) is 9.24. The van der Waals surface area contributed by atoms with E-state index in [9.17, 15) is 10.1 Å². The Morgan fingerprint density at radius 1 is 1.77 bits per heavy atom. The summed E-state index contributed by atoms with van der Waals surface area (Å²) in [6, 6.07) is 1.36. The van der Waals surface area contributed by atoms with Crippen molar-refractivity contribution in [3.8, 4) is 5.88 Å². The van der Waals surface area contributed by atoms with E-state index in [2.05, 4.69) is 4.98 Å². The maximum Gasteiger partial charge on any atom is 0.353 e. The van der Waals surface area contributed by atoms with E-state index < -0.39 is 4.92 Å². The average molecular weight is 183 g/mol. The van der Waals surface area contributed by atoms with Crippen LogP contribution in [0.1, 0.15) is 6.92 Å². The van der Waals surface area contributed by atoms with Gasteiger partial charge in [-0.3, -0.25) is 10.1 Å². The fourth-order valence-corrected chi connectivity index (χ4v) is 0.875. The van der Waals surface area contributed by atoms with E-state index in [0.29, 0.717) is 6.61 Å². The van der Waals surface area contributed by atoms with E-state index in [1.54, 1.807) is 6.92 Å². The number of rotatable bonds is 3. The largest absolute Gasteiger partial charge is 0.473 e. The lowest BCUT2D eigenvalue weighted by Crippen LogP contribution is -2.02. The standard InChI is InChI=1S/C7H9N3O3/c1-2-13-7-6(10(11)12)5(8)3-4-9-7/h3-4H,2H2,1H3,(H2,8,9). The number of aromatic nitrogens is 1. The Hall–Kier alpha value is -1.85. The SMILES string of the molecule is CCOc1nccc(N)c1[N+](=O)[O-]. The van der Waals surface area contributed by atoms with Crippen molar-refractivity contribution in [2.24, 2.45) is 0 Å². The molecule has 1 heterocycles. The molecule has 0 unspecified atom stereocenters. The number of nitrogens with zero attached hydrogens (tertiary/aromatic N) is 2. The van der Waals surface area contributed by atoms with Crippen molar-refractivity contribution < 1.29 is 9.66 Å². The lowest BCUT2D eigenvalue weighted by Gasteiger charge is -2.03. The third-order valence-electron chi connectivity index (χ3n) is 1.39. The van der Waals surface area contributed by atoms with Crippen LogP contribution in [0.4, 0.5) is 11.4 Å². The van der Waals surface area contributed by atoms with Crippen molar-refractivity contribution in [1.82, 2.24) is 4.98 Å². The van der Waals surface area contributed by atoms with Crippen LogP contribution in [0.2, 0.25) is 0 Å². The Labute approximate surface area is 74.5 Å². The van der Waals surface area contributed by atoms with E-state index in [4.69, 9.17) is 10.5 Å². The molecule has 0 saturated heterocycles. The molecular formula is C7H9N3O3. The van der Waals surface area contributed by atoms with Crippen LogP contribution in [0, 0.1) is 10.1 Å². The van der Waals surface area contributed by atoms with Gasteiger partial charge in [0.1, 0.15) is 5.69 Å². The smallest absolute Gasteiger partial charge is 0.353 e. The van der Waals surface area contributed by atoms with Gasteiger partial charge in [-0.05, 0) is 13.0 Å². The van der Waals surface area contributed by atoms with Crippen molar-refractivity contribution in [1.29, 1.82) is 0 Å². The minimum atomic E-state index is -0.604. The Balaban J connectivity index is 3.17. The van der Waals surface area contributed by atoms with Gasteiger partial charge in [0.15, 0.2) is 0 Å². The minimum absolute atomic E-state index is 0.0347. The van der Waals surface area contributed by atoms with Crippen LogP contribution in [0.5, 0.6) is 5.88 Å². The molecule has 70 valence electrons. The van der Waals surface area contributed by atoms with E-state index in [0.717, 1.165) is 0 Å². The fraction of sp³-hybridized carbons (Fsp3) is 0.286. The number of hydrogen-bond acceptors (Lipinski definition) is 5. The Bertz CT molecular complexity index is 327. The highest BCUT2D eigenvalue weighted by molar-refractivity contribution is 5.62. The molecule has 0 atom stereocenters. The summed E-state index contributed by atoms with van der Waals surface area (Å²) in [7, 11) is 0. The lowest BCUT2D eigenvalue weighted by atomic mass is 10.3. The molecule has 0 amide bonds. The average Bonchev–Trinajstić information content (AvgIpc) is 2.04. The number of anilines is 1. The zero-order valence-electron chi connectivity index (χ0n) is 7.06. The second kappa shape index (κ2) is 3.70. The van der Waals surface area contributed by atoms with Gasteiger partial charge in [0, 0.05) is 6.20 Å². The highest BCUT2D eigenvalue weighted by Crippen LogP contribution is 2.29. The summed E-state index contributed by atoms with van der Waals surface area (Å²) in [4.78, 5) is 13.6. The van der Waals surface area contributed by atoms with Crippen LogP contribution in [0.25, 0.3) is 0 Å². The molecule has 0 bridgehead atoms. The van der Waals surface area contributed by atoms with Crippen LogP contribution in [0.15, 0.2) is 12.3 Å². The molecule has 0 fully saturated rings. The molecule has 6 nitrogen and oxygen atoms in total. The highest BCUT2D eigenvalue weighted by Gasteiger charge is 2.20. The molecule has 0 aromatic carbocycles. The third-order valence-corrected chi connectivity index (χ3v) is 1.39. The summed E-state index contributed by atoms with van der Waals surface area (Å²) in [5.41, 5.74) is 5.18. The number of ether oxygens (including phenoxy) is 1. The quantitative estimate of drug-likeness (QED) is 0.556. The van der Waals surface area contributed by atoms with Crippen molar-refractivity contribution in [2.75, 3.05) is 12.3 Å². The number of hydrogen-bond donors (Lipinski definition) is 1. The molecule has 0 aliphatic rings. The van der Waals surface area contributed by atoms with Gasteiger partial charge in [0.25, 0.3) is 5.88 Å². The molecule has 0 saturated carbocycles. The lowest BCUT2D eigenvalue weighted by molar-refractivity contribution is -0.385. The minimum Gasteiger partial charge on any atom is -0.473 e. The van der Waals surface area contributed by atoms with E-state index in [1.807, 2.05) is 0 Å². The maximum absolute atomic E-state index is 10.5. The van der Waals surface area contributed by atoms with Gasteiger partial charge in [-0.2, -0.15) is 0 Å². The van der Waals surface area contributed by atoms with Gasteiger partial charge in [-0.1, -0.05) is 0 Å². The second-order valence-electron chi connectivity index (χ2n) is 2.24. The molecule has 1 aromatic heterocycles.